The van der Waals surface area contributed by atoms with Crippen LogP contribution < -0.4 is 10.6 Å². The van der Waals surface area contributed by atoms with Crippen molar-refractivity contribution in [1.82, 2.24) is 15.8 Å². The van der Waals surface area contributed by atoms with Crippen molar-refractivity contribution in [3.8, 4) is 0 Å². The van der Waals surface area contributed by atoms with Crippen molar-refractivity contribution in [2.75, 3.05) is 6.54 Å². The number of hydrogen-bond donors (Lipinski definition) is 2. The second-order valence-corrected chi connectivity index (χ2v) is 6.76. The molecule has 0 bridgehead atoms. The van der Waals surface area contributed by atoms with Crippen LogP contribution in [0.25, 0.3) is 0 Å². The largest absolute Gasteiger partial charge is 0.361 e. The second-order valence-electron chi connectivity index (χ2n) is 5.51. The molecule has 0 saturated carbocycles. The predicted molar refractivity (Wildman–Crippen MR) is 101 cm³/mol. The van der Waals surface area contributed by atoms with E-state index >= 15 is 0 Å². The number of nitrogens with zero attached hydrogens (tertiary/aromatic N) is 2. The number of thiophene rings is 1. The molecule has 2 N–H and O–H groups in total. The van der Waals surface area contributed by atoms with E-state index in [-0.39, 0.29) is 0 Å². The lowest BCUT2D eigenvalue weighted by Gasteiger charge is -2.10. The van der Waals surface area contributed by atoms with Gasteiger partial charge in [-0.05, 0) is 31.9 Å². The van der Waals surface area contributed by atoms with Gasteiger partial charge in [-0.1, -0.05) is 25.9 Å². The lowest BCUT2D eigenvalue weighted by molar-refractivity contribution is 0.380. The fraction of sp³-hybridized carbons (Fsp3) is 0.556. The predicted octanol–water partition coefficient (Wildman–Crippen LogP) is 3.68. The number of aryl methyl sites for hydroxylation is 3. The minimum absolute atomic E-state index is 0.593. The van der Waals surface area contributed by atoms with Gasteiger partial charge in [-0.15, -0.1) is 11.3 Å². The molecule has 2 rings (SSSR count). The van der Waals surface area contributed by atoms with Crippen molar-refractivity contribution in [3.63, 3.8) is 0 Å². The zero-order chi connectivity index (χ0) is 17.4. The molecule has 24 heavy (non-hydrogen) atoms. The van der Waals surface area contributed by atoms with E-state index in [1.165, 1.54) is 9.75 Å². The summed E-state index contributed by atoms with van der Waals surface area (Å²) in [6, 6.07) is 4.38. The van der Waals surface area contributed by atoms with Gasteiger partial charge in [-0.3, -0.25) is 0 Å². The Bertz CT molecular complexity index is 638. The summed E-state index contributed by atoms with van der Waals surface area (Å²) in [6.45, 7) is 10.7. The maximum atomic E-state index is 5.41. The van der Waals surface area contributed by atoms with Crippen molar-refractivity contribution < 1.29 is 4.52 Å². The van der Waals surface area contributed by atoms with Crippen molar-refractivity contribution in [2.24, 2.45) is 4.99 Å². The summed E-state index contributed by atoms with van der Waals surface area (Å²) >= 11 is 1.85. The number of nitrogens with one attached hydrogen (secondary N) is 2. The Balaban J connectivity index is 2.03. The van der Waals surface area contributed by atoms with Gasteiger partial charge >= 0.3 is 0 Å². The Kier molecular flexibility index (Phi) is 7.31. The first-order valence-corrected chi connectivity index (χ1v) is 9.59. The number of guanidine groups is 1. The van der Waals surface area contributed by atoms with Crippen LogP contribution in [-0.2, 0) is 32.4 Å². The Labute approximate surface area is 148 Å². The average Bonchev–Trinajstić information content (AvgIpc) is 3.23. The molecule has 0 aliphatic heterocycles. The Morgan fingerprint density at radius 2 is 1.88 bits per heavy atom. The first-order valence-electron chi connectivity index (χ1n) is 8.77. The van der Waals surface area contributed by atoms with Crippen LogP contribution in [0.4, 0.5) is 0 Å². The normalized spacial score (nSPS) is 11.8. The standard InChI is InChI=1S/C18H28N4OS/c1-5-13-9-10-14(24-13)11-20-18(19-8-4)21-12-15-16(6-2)22-23-17(15)7-3/h9-10H,5-8,11-12H2,1-4H3,(H2,19,20,21). The molecule has 0 radical (unpaired) electrons. The monoisotopic (exact) mass is 348 g/mol. The van der Waals surface area contributed by atoms with E-state index in [1.807, 2.05) is 11.3 Å². The first-order chi connectivity index (χ1) is 11.7. The molecule has 0 aliphatic carbocycles. The van der Waals surface area contributed by atoms with Crippen LogP contribution in [0.3, 0.4) is 0 Å². The molecule has 0 saturated heterocycles. The van der Waals surface area contributed by atoms with Gasteiger partial charge in [0.2, 0.25) is 0 Å². The van der Waals surface area contributed by atoms with Crippen molar-refractivity contribution in [2.45, 2.75) is 60.0 Å². The summed E-state index contributed by atoms with van der Waals surface area (Å²) in [7, 11) is 0. The summed E-state index contributed by atoms with van der Waals surface area (Å²) in [4.78, 5) is 7.45. The maximum absolute atomic E-state index is 5.41. The third kappa shape index (κ3) is 4.84. The van der Waals surface area contributed by atoms with E-state index in [0.717, 1.165) is 55.3 Å². The van der Waals surface area contributed by atoms with E-state index in [0.29, 0.717) is 6.54 Å². The minimum Gasteiger partial charge on any atom is -0.361 e. The maximum Gasteiger partial charge on any atom is 0.191 e. The highest BCUT2D eigenvalue weighted by Crippen LogP contribution is 2.18. The van der Waals surface area contributed by atoms with Crippen LogP contribution in [0, 0.1) is 0 Å². The molecule has 2 aromatic heterocycles. The third-order valence-electron chi connectivity index (χ3n) is 3.84. The van der Waals surface area contributed by atoms with Gasteiger partial charge in [0.1, 0.15) is 5.76 Å². The van der Waals surface area contributed by atoms with Crippen LogP contribution in [0.5, 0.6) is 0 Å². The quantitative estimate of drug-likeness (QED) is 0.564. The highest BCUT2D eigenvalue weighted by molar-refractivity contribution is 7.11. The Hall–Kier alpha value is -1.82. The van der Waals surface area contributed by atoms with Gasteiger partial charge in [0.15, 0.2) is 5.96 Å². The molecule has 0 amide bonds. The molecule has 0 fully saturated rings. The molecule has 2 heterocycles. The molecular weight excluding hydrogens is 320 g/mol. The molecule has 0 atom stereocenters. The number of aromatic nitrogens is 1. The van der Waals surface area contributed by atoms with Gasteiger partial charge in [-0.25, -0.2) is 4.99 Å². The average molecular weight is 349 g/mol. The van der Waals surface area contributed by atoms with Gasteiger partial charge in [-0.2, -0.15) is 0 Å². The Morgan fingerprint density at radius 3 is 2.50 bits per heavy atom. The summed E-state index contributed by atoms with van der Waals surface area (Å²) in [6.07, 6.45) is 2.80. The van der Waals surface area contributed by atoms with Gasteiger partial charge in [0.25, 0.3) is 0 Å². The molecule has 0 aromatic carbocycles. The second kappa shape index (κ2) is 9.47. The van der Waals surface area contributed by atoms with Crippen LogP contribution >= 0.6 is 11.3 Å². The molecule has 0 spiro atoms. The van der Waals surface area contributed by atoms with Crippen LogP contribution in [-0.4, -0.2) is 17.7 Å². The minimum atomic E-state index is 0.593. The Morgan fingerprint density at radius 1 is 1.08 bits per heavy atom. The van der Waals surface area contributed by atoms with E-state index in [4.69, 9.17) is 9.52 Å². The molecule has 6 heteroatoms. The zero-order valence-corrected chi connectivity index (χ0v) is 15.9. The fourth-order valence-electron chi connectivity index (χ4n) is 2.49. The zero-order valence-electron chi connectivity index (χ0n) is 15.1. The number of hydrogen-bond acceptors (Lipinski definition) is 4. The van der Waals surface area contributed by atoms with Crippen molar-refractivity contribution in [3.05, 3.63) is 38.9 Å². The number of rotatable bonds is 8. The molecule has 132 valence electrons. The third-order valence-corrected chi connectivity index (χ3v) is 5.07. The highest BCUT2D eigenvalue weighted by Gasteiger charge is 2.13. The molecular formula is C18H28N4OS. The lowest BCUT2D eigenvalue weighted by Crippen LogP contribution is -2.36. The summed E-state index contributed by atoms with van der Waals surface area (Å²) in [5.41, 5.74) is 2.14. The SMILES string of the molecule is CCNC(=NCc1c(CC)noc1CC)NCc1ccc(CC)s1. The van der Waals surface area contributed by atoms with Crippen LogP contribution in [0.1, 0.15) is 54.5 Å². The van der Waals surface area contributed by atoms with E-state index in [1.54, 1.807) is 0 Å². The van der Waals surface area contributed by atoms with E-state index < -0.39 is 0 Å². The first kappa shape index (κ1) is 18.5. The van der Waals surface area contributed by atoms with Crippen LogP contribution in [0.15, 0.2) is 21.6 Å². The summed E-state index contributed by atoms with van der Waals surface area (Å²) in [5.74, 6) is 1.77. The smallest absolute Gasteiger partial charge is 0.191 e. The van der Waals surface area contributed by atoms with Gasteiger partial charge in [0, 0.05) is 28.3 Å². The number of aliphatic imine (C=N–C) groups is 1. The molecule has 0 unspecified atom stereocenters. The van der Waals surface area contributed by atoms with Crippen LogP contribution in [0.2, 0.25) is 0 Å². The van der Waals surface area contributed by atoms with Crippen molar-refractivity contribution in [1.29, 1.82) is 0 Å². The summed E-state index contributed by atoms with van der Waals surface area (Å²) in [5, 5.41) is 10.9. The highest BCUT2D eigenvalue weighted by atomic mass is 32.1. The topological polar surface area (TPSA) is 62.5 Å². The molecule has 5 nitrogen and oxygen atoms in total. The molecule has 2 aromatic rings. The summed E-state index contributed by atoms with van der Waals surface area (Å²) < 4.78 is 5.41. The van der Waals surface area contributed by atoms with Gasteiger partial charge < -0.3 is 15.2 Å². The molecule has 0 aliphatic rings. The lowest BCUT2D eigenvalue weighted by atomic mass is 10.1. The van der Waals surface area contributed by atoms with E-state index in [9.17, 15) is 0 Å². The van der Waals surface area contributed by atoms with E-state index in [2.05, 4.69) is 55.6 Å². The van der Waals surface area contributed by atoms with Crippen molar-refractivity contribution >= 4 is 17.3 Å². The van der Waals surface area contributed by atoms with Gasteiger partial charge in [0.05, 0.1) is 18.8 Å². The fourth-order valence-corrected chi connectivity index (χ4v) is 3.39.